The number of rotatable bonds is 6. The van der Waals surface area contributed by atoms with Crippen LogP contribution >= 0.6 is 0 Å². The monoisotopic (exact) mass is 446 g/mol. The maximum absolute atomic E-state index is 13.0. The van der Waals surface area contributed by atoms with Gasteiger partial charge in [0.25, 0.3) is 5.91 Å². The molecule has 168 valence electrons. The van der Waals surface area contributed by atoms with E-state index in [1.54, 1.807) is 36.4 Å². The van der Waals surface area contributed by atoms with E-state index < -0.39 is 18.5 Å². The van der Waals surface area contributed by atoms with Crippen LogP contribution in [0.1, 0.15) is 16.8 Å². The van der Waals surface area contributed by atoms with Crippen molar-refractivity contribution in [2.45, 2.75) is 6.42 Å². The third-order valence-corrected chi connectivity index (χ3v) is 6.53. The second-order valence-corrected chi connectivity index (χ2v) is 8.39. The van der Waals surface area contributed by atoms with E-state index in [1.165, 1.54) is 24.1 Å². The van der Waals surface area contributed by atoms with Crippen LogP contribution in [-0.2, 0) is 19.1 Å². The highest BCUT2D eigenvalue weighted by Gasteiger charge is 2.59. The normalized spacial score (nSPS) is 24.7. The SMILES string of the molecule is COc1ccccc1NC(=O)COC(=O)c1cccc(N2C(=O)[C@@H]3[C@@H](C2=O)[C@H]2C=C[C@H]3C2)c1. The maximum atomic E-state index is 13.0. The Balaban J connectivity index is 1.25. The third-order valence-electron chi connectivity index (χ3n) is 6.53. The van der Waals surface area contributed by atoms with Gasteiger partial charge in [-0.25, -0.2) is 9.69 Å². The van der Waals surface area contributed by atoms with Crippen LogP contribution in [0.4, 0.5) is 11.4 Å². The predicted octanol–water partition coefficient (Wildman–Crippen LogP) is 2.80. The summed E-state index contributed by atoms with van der Waals surface area (Å²) in [5, 5.41) is 2.63. The van der Waals surface area contributed by atoms with Crippen LogP contribution in [0.25, 0.3) is 0 Å². The van der Waals surface area contributed by atoms with Crippen molar-refractivity contribution in [2.75, 3.05) is 23.9 Å². The minimum Gasteiger partial charge on any atom is -0.495 e. The topological polar surface area (TPSA) is 102 Å². The number of esters is 1. The molecule has 2 aliphatic carbocycles. The fraction of sp³-hybridized carbons (Fsp3) is 0.280. The zero-order valence-corrected chi connectivity index (χ0v) is 17.9. The number of ether oxygens (including phenoxy) is 2. The summed E-state index contributed by atoms with van der Waals surface area (Å²) >= 11 is 0. The Labute approximate surface area is 190 Å². The van der Waals surface area contributed by atoms with E-state index in [4.69, 9.17) is 9.47 Å². The van der Waals surface area contributed by atoms with Gasteiger partial charge >= 0.3 is 5.97 Å². The van der Waals surface area contributed by atoms with Gasteiger partial charge in [-0.15, -0.1) is 0 Å². The molecule has 0 spiro atoms. The van der Waals surface area contributed by atoms with Crippen molar-refractivity contribution in [1.82, 2.24) is 0 Å². The molecule has 1 saturated heterocycles. The molecule has 0 aromatic heterocycles. The number of benzene rings is 2. The average molecular weight is 446 g/mol. The lowest BCUT2D eigenvalue weighted by molar-refractivity contribution is -0.123. The van der Waals surface area contributed by atoms with Gasteiger partial charge in [-0.2, -0.15) is 0 Å². The number of anilines is 2. The number of hydrogen-bond acceptors (Lipinski definition) is 6. The van der Waals surface area contributed by atoms with E-state index in [2.05, 4.69) is 5.32 Å². The van der Waals surface area contributed by atoms with E-state index in [0.29, 0.717) is 17.1 Å². The number of para-hydroxylation sites is 2. The molecule has 2 aromatic rings. The van der Waals surface area contributed by atoms with Crippen LogP contribution in [0.15, 0.2) is 60.7 Å². The molecule has 2 fully saturated rings. The first-order valence-electron chi connectivity index (χ1n) is 10.7. The number of nitrogens with zero attached hydrogens (tertiary/aromatic N) is 1. The molecule has 8 heteroatoms. The Kier molecular flexibility index (Phi) is 5.20. The molecule has 3 amide bonds. The zero-order chi connectivity index (χ0) is 23.1. The number of carbonyl (C=O) groups is 4. The smallest absolute Gasteiger partial charge is 0.338 e. The highest BCUT2D eigenvalue weighted by molar-refractivity contribution is 6.23. The molecule has 1 heterocycles. The van der Waals surface area contributed by atoms with E-state index in [0.717, 1.165) is 6.42 Å². The number of carbonyl (C=O) groups excluding carboxylic acids is 4. The lowest BCUT2D eigenvalue weighted by Crippen LogP contribution is -2.33. The number of methoxy groups -OCH3 is 1. The summed E-state index contributed by atoms with van der Waals surface area (Å²) in [5.41, 5.74) is 0.950. The molecule has 0 unspecified atom stereocenters. The van der Waals surface area contributed by atoms with Crippen molar-refractivity contribution in [2.24, 2.45) is 23.7 Å². The number of imide groups is 1. The quantitative estimate of drug-likeness (QED) is 0.416. The molecule has 8 nitrogen and oxygen atoms in total. The largest absolute Gasteiger partial charge is 0.495 e. The van der Waals surface area contributed by atoms with E-state index >= 15 is 0 Å². The minimum atomic E-state index is -0.729. The second-order valence-electron chi connectivity index (χ2n) is 8.39. The maximum Gasteiger partial charge on any atom is 0.338 e. The summed E-state index contributed by atoms with van der Waals surface area (Å²) in [6.45, 7) is -0.498. The lowest BCUT2D eigenvalue weighted by atomic mass is 9.85. The third kappa shape index (κ3) is 3.57. The first kappa shape index (κ1) is 20.9. The zero-order valence-electron chi connectivity index (χ0n) is 17.9. The molecular weight excluding hydrogens is 424 g/mol. The van der Waals surface area contributed by atoms with Gasteiger partial charge in [-0.3, -0.25) is 14.4 Å². The molecule has 3 aliphatic rings. The summed E-state index contributed by atoms with van der Waals surface area (Å²) < 4.78 is 10.3. The van der Waals surface area contributed by atoms with Gasteiger partial charge < -0.3 is 14.8 Å². The Bertz CT molecular complexity index is 1160. The first-order valence-corrected chi connectivity index (χ1v) is 10.7. The van der Waals surface area contributed by atoms with Crippen molar-refractivity contribution in [3.05, 3.63) is 66.2 Å². The molecular formula is C25H22N2O6. The van der Waals surface area contributed by atoms with Gasteiger partial charge in [0.15, 0.2) is 6.61 Å². The molecule has 5 rings (SSSR count). The van der Waals surface area contributed by atoms with Crippen LogP contribution in [0.5, 0.6) is 5.75 Å². The summed E-state index contributed by atoms with van der Waals surface area (Å²) in [5.74, 6) is -1.63. The molecule has 2 aromatic carbocycles. The van der Waals surface area contributed by atoms with Gasteiger partial charge in [0.2, 0.25) is 11.8 Å². The molecule has 0 radical (unpaired) electrons. The van der Waals surface area contributed by atoms with Crippen LogP contribution in [0, 0.1) is 23.7 Å². The van der Waals surface area contributed by atoms with E-state index in [-0.39, 0.29) is 41.0 Å². The standard InChI is InChI=1S/C25H22N2O6/c1-32-19-8-3-2-7-18(19)26-20(28)13-33-25(31)16-5-4-6-17(12-16)27-23(29)21-14-9-10-15(11-14)22(21)24(27)30/h2-10,12,14-15,21-22H,11,13H2,1H3,(H,26,28)/t14-,15-,21-,22-/m0/s1. The van der Waals surface area contributed by atoms with Gasteiger partial charge in [0.05, 0.1) is 35.9 Å². The Morgan fingerprint density at radius 1 is 1.00 bits per heavy atom. The van der Waals surface area contributed by atoms with Crippen LogP contribution in [0.2, 0.25) is 0 Å². The van der Waals surface area contributed by atoms with Gasteiger partial charge in [0.1, 0.15) is 5.75 Å². The molecule has 1 aliphatic heterocycles. The van der Waals surface area contributed by atoms with Crippen molar-refractivity contribution < 1.29 is 28.7 Å². The van der Waals surface area contributed by atoms with Crippen molar-refractivity contribution in [1.29, 1.82) is 0 Å². The Hall–Kier alpha value is -3.94. The number of allylic oxidation sites excluding steroid dienone is 2. The van der Waals surface area contributed by atoms with Gasteiger partial charge in [-0.05, 0) is 48.6 Å². The summed E-state index contributed by atoms with van der Waals surface area (Å²) in [6, 6.07) is 13.1. The number of amides is 3. The Morgan fingerprint density at radius 2 is 1.70 bits per heavy atom. The Morgan fingerprint density at radius 3 is 2.39 bits per heavy atom. The highest BCUT2D eigenvalue weighted by atomic mass is 16.5. The molecule has 1 N–H and O–H groups in total. The second kappa shape index (κ2) is 8.20. The van der Waals surface area contributed by atoms with E-state index in [1.807, 2.05) is 12.2 Å². The fourth-order valence-corrected chi connectivity index (χ4v) is 5.08. The molecule has 2 bridgehead atoms. The van der Waals surface area contributed by atoms with E-state index in [9.17, 15) is 19.2 Å². The average Bonchev–Trinajstić information content (AvgIpc) is 3.51. The lowest BCUT2D eigenvalue weighted by Gasteiger charge is -2.18. The predicted molar refractivity (Wildman–Crippen MR) is 119 cm³/mol. The molecule has 33 heavy (non-hydrogen) atoms. The minimum absolute atomic E-state index is 0.108. The number of nitrogens with one attached hydrogen (secondary N) is 1. The van der Waals surface area contributed by atoms with Crippen molar-refractivity contribution in [3.63, 3.8) is 0 Å². The van der Waals surface area contributed by atoms with Crippen LogP contribution in [0.3, 0.4) is 0 Å². The highest BCUT2D eigenvalue weighted by Crippen LogP contribution is 2.53. The summed E-state index contributed by atoms with van der Waals surface area (Å²) in [4.78, 5) is 51.9. The van der Waals surface area contributed by atoms with Crippen molar-refractivity contribution in [3.8, 4) is 5.75 Å². The summed E-state index contributed by atoms with van der Waals surface area (Å²) in [6.07, 6.45) is 4.92. The van der Waals surface area contributed by atoms with Crippen LogP contribution < -0.4 is 15.0 Å². The number of hydrogen-bond donors (Lipinski definition) is 1. The number of fused-ring (bicyclic) bond motifs is 5. The molecule has 4 atom stereocenters. The van der Waals surface area contributed by atoms with Crippen LogP contribution in [-0.4, -0.2) is 37.4 Å². The first-order chi connectivity index (χ1) is 16.0. The fourth-order valence-electron chi connectivity index (χ4n) is 5.08. The van der Waals surface area contributed by atoms with Crippen molar-refractivity contribution >= 4 is 35.1 Å². The van der Waals surface area contributed by atoms with Gasteiger partial charge in [0, 0.05) is 0 Å². The summed E-state index contributed by atoms with van der Waals surface area (Å²) in [7, 11) is 1.49. The van der Waals surface area contributed by atoms with Gasteiger partial charge in [-0.1, -0.05) is 30.4 Å². The molecule has 1 saturated carbocycles.